The molecule has 0 radical (unpaired) electrons. The number of phenolic OH excluding ortho intramolecular Hbond substituents is 1. The molecule has 0 saturated heterocycles. The molecule has 0 bridgehead atoms. The van der Waals surface area contributed by atoms with Crippen molar-refractivity contribution in [3.63, 3.8) is 0 Å². The Morgan fingerprint density at radius 3 is 2.53 bits per heavy atom. The van der Waals surface area contributed by atoms with Crippen molar-refractivity contribution in [2.24, 2.45) is 0 Å². The first-order valence-corrected chi connectivity index (χ1v) is 14.0. The van der Waals surface area contributed by atoms with Crippen molar-refractivity contribution in [2.75, 3.05) is 13.0 Å². The summed E-state index contributed by atoms with van der Waals surface area (Å²) >= 11 is 6.12. The van der Waals surface area contributed by atoms with E-state index in [2.05, 4.69) is 45.9 Å². The van der Waals surface area contributed by atoms with Gasteiger partial charge in [-0.05, 0) is 102 Å². The van der Waals surface area contributed by atoms with Crippen LogP contribution in [0, 0.1) is 13.8 Å². The number of benzene rings is 3. The van der Waals surface area contributed by atoms with Crippen LogP contribution < -0.4 is 4.74 Å². The molecule has 6 heteroatoms. The van der Waals surface area contributed by atoms with Gasteiger partial charge in [0.1, 0.15) is 17.8 Å². The number of aliphatic hydroxyl groups excluding tert-OH is 1. The monoisotopic (exact) mass is 526 g/mol. The molecule has 0 spiro atoms. The number of rotatable bonds is 10. The molecule has 4 rings (SSSR count). The summed E-state index contributed by atoms with van der Waals surface area (Å²) in [5, 5.41) is 20.6. The Bertz CT molecular complexity index is 1200. The highest BCUT2D eigenvalue weighted by atomic mass is 35.5. The Labute approximate surface area is 221 Å². The van der Waals surface area contributed by atoms with Crippen molar-refractivity contribution >= 4 is 20.4 Å². The second-order valence-electron chi connectivity index (χ2n) is 10.3. The van der Waals surface area contributed by atoms with Crippen molar-refractivity contribution in [3.05, 3.63) is 92.5 Å². The number of fused-ring (bicyclic) bond motifs is 1. The molecule has 0 amide bonds. The second-order valence-corrected chi connectivity index (χ2v) is 11.5. The average Bonchev–Trinajstić information content (AvgIpc) is 3.15. The lowest BCUT2D eigenvalue weighted by atomic mass is 9.84. The molecule has 2 atom stereocenters. The van der Waals surface area contributed by atoms with E-state index in [1.54, 1.807) is 0 Å². The maximum Gasteiger partial charge on any atom is 0.129 e. The largest absolute Gasteiger partial charge is 0.508 e. The summed E-state index contributed by atoms with van der Waals surface area (Å²) < 4.78 is 12.1. The fourth-order valence-corrected chi connectivity index (χ4v) is 6.27. The first-order valence-electron chi connectivity index (χ1n) is 12.5. The maximum atomic E-state index is 10.5. The normalized spacial score (nSPS) is 15.4. The summed E-state index contributed by atoms with van der Waals surface area (Å²) in [6, 6.07) is 15.7. The average molecular weight is 527 g/mol. The van der Waals surface area contributed by atoms with Gasteiger partial charge in [-0.15, -0.1) is 0 Å². The van der Waals surface area contributed by atoms with Gasteiger partial charge in [0.25, 0.3) is 0 Å². The molecular formula is C30H36ClO4P. The summed E-state index contributed by atoms with van der Waals surface area (Å²) in [6.45, 7) is 8.75. The highest BCUT2D eigenvalue weighted by Gasteiger charge is 2.34. The predicted octanol–water partition coefficient (Wildman–Crippen LogP) is 7.55. The molecule has 192 valence electrons. The smallest absolute Gasteiger partial charge is 0.129 e. The van der Waals surface area contributed by atoms with Gasteiger partial charge in [0.2, 0.25) is 0 Å². The highest BCUT2D eigenvalue weighted by Crippen LogP contribution is 2.45. The minimum atomic E-state index is -0.210. The molecular weight excluding hydrogens is 491 g/mol. The van der Waals surface area contributed by atoms with Crippen LogP contribution in [0.25, 0.3) is 0 Å². The van der Waals surface area contributed by atoms with E-state index in [4.69, 9.17) is 20.9 Å². The van der Waals surface area contributed by atoms with Gasteiger partial charge in [-0.1, -0.05) is 43.6 Å². The Morgan fingerprint density at radius 2 is 1.83 bits per heavy atom. The molecule has 0 fully saturated rings. The second kappa shape index (κ2) is 11.5. The summed E-state index contributed by atoms with van der Waals surface area (Å²) in [6.07, 6.45) is 3.68. The molecule has 3 aromatic carbocycles. The van der Waals surface area contributed by atoms with Crippen LogP contribution in [0.5, 0.6) is 11.5 Å². The molecule has 36 heavy (non-hydrogen) atoms. The topological polar surface area (TPSA) is 58.9 Å². The molecule has 2 N–H and O–H groups in total. The predicted molar refractivity (Wildman–Crippen MR) is 149 cm³/mol. The van der Waals surface area contributed by atoms with E-state index in [-0.39, 0.29) is 26.9 Å². The first-order chi connectivity index (χ1) is 17.2. The zero-order valence-electron chi connectivity index (χ0n) is 21.5. The molecule has 1 aliphatic carbocycles. The van der Waals surface area contributed by atoms with Crippen molar-refractivity contribution in [1.29, 1.82) is 0 Å². The molecule has 4 nitrogen and oxygen atoms in total. The summed E-state index contributed by atoms with van der Waals surface area (Å²) in [5.74, 6) is 1.26. The van der Waals surface area contributed by atoms with Crippen LogP contribution in [0.4, 0.5) is 0 Å². The van der Waals surface area contributed by atoms with Crippen LogP contribution in [0.3, 0.4) is 0 Å². The minimum Gasteiger partial charge on any atom is -0.508 e. The fourth-order valence-electron chi connectivity index (χ4n) is 5.32. The molecule has 0 aromatic heterocycles. The van der Waals surface area contributed by atoms with Gasteiger partial charge in [0.15, 0.2) is 0 Å². The first kappa shape index (κ1) is 26.9. The molecule has 2 unspecified atom stereocenters. The third kappa shape index (κ3) is 6.06. The Kier molecular flexibility index (Phi) is 8.63. The van der Waals surface area contributed by atoms with Crippen molar-refractivity contribution in [3.8, 4) is 11.5 Å². The van der Waals surface area contributed by atoms with Crippen LogP contribution in [-0.2, 0) is 22.8 Å². The number of ether oxygens (including phenoxy) is 1. The zero-order valence-corrected chi connectivity index (χ0v) is 23.3. The molecule has 1 aliphatic rings. The summed E-state index contributed by atoms with van der Waals surface area (Å²) in [4.78, 5) is 0. The number of phenols is 1. The van der Waals surface area contributed by atoms with E-state index in [0.29, 0.717) is 23.5 Å². The van der Waals surface area contributed by atoms with Crippen molar-refractivity contribution < 1.29 is 19.5 Å². The SMILES string of the molecule is Cc1cc(OCPOC(CCO)c2cccc(Cl)c2)cc(C)c1Cc1ccc(O)c2c1CCC2(C)C. The van der Waals surface area contributed by atoms with Gasteiger partial charge in [-0.2, -0.15) is 0 Å². The van der Waals surface area contributed by atoms with Crippen LogP contribution in [-0.4, -0.2) is 23.2 Å². The lowest BCUT2D eigenvalue weighted by molar-refractivity contribution is 0.171. The molecule has 0 saturated carbocycles. The van der Waals surface area contributed by atoms with E-state index in [1.165, 1.54) is 27.8 Å². The standard InChI is InChI=1S/C30H36ClO4P/c1-19-14-24(34-18-36-35-28(11-13-32)22-6-5-7-23(31)16-22)15-20(2)26(19)17-21-8-9-27(33)29-25(21)10-12-30(29,3)4/h5-9,14-16,28,32-33,36H,10-13,17-18H2,1-4H3. The quantitative estimate of drug-likeness (QED) is 0.211. The van der Waals surface area contributed by atoms with Gasteiger partial charge in [0, 0.05) is 23.6 Å². The third-order valence-electron chi connectivity index (χ3n) is 7.24. The van der Waals surface area contributed by atoms with Gasteiger partial charge in [-0.25, -0.2) is 0 Å². The van der Waals surface area contributed by atoms with E-state index in [9.17, 15) is 10.2 Å². The van der Waals surface area contributed by atoms with E-state index in [0.717, 1.165) is 36.1 Å². The van der Waals surface area contributed by atoms with Crippen LogP contribution >= 0.6 is 20.4 Å². The van der Waals surface area contributed by atoms with Crippen molar-refractivity contribution in [1.82, 2.24) is 0 Å². The van der Waals surface area contributed by atoms with Crippen LogP contribution in [0.2, 0.25) is 5.02 Å². The fraction of sp³-hybridized carbons (Fsp3) is 0.400. The lowest BCUT2D eigenvalue weighted by Gasteiger charge is -2.21. The Balaban J connectivity index is 1.40. The van der Waals surface area contributed by atoms with Gasteiger partial charge >= 0.3 is 0 Å². The van der Waals surface area contributed by atoms with E-state index < -0.39 is 0 Å². The van der Waals surface area contributed by atoms with Crippen LogP contribution in [0.15, 0.2) is 48.5 Å². The number of hydrogen-bond donors (Lipinski definition) is 2. The number of aliphatic hydroxyl groups is 1. The van der Waals surface area contributed by atoms with Gasteiger partial charge in [-0.3, -0.25) is 0 Å². The molecule has 0 heterocycles. The highest BCUT2D eigenvalue weighted by molar-refractivity contribution is 7.32. The zero-order chi connectivity index (χ0) is 25.9. The number of aryl methyl sites for hydroxylation is 2. The maximum absolute atomic E-state index is 10.5. The lowest BCUT2D eigenvalue weighted by Crippen LogP contribution is -2.12. The molecule has 0 aliphatic heterocycles. The van der Waals surface area contributed by atoms with Gasteiger partial charge < -0.3 is 19.5 Å². The Hall–Kier alpha value is -2.10. The minimum absolute atomic E-state index is 0.0169. The number of aromatic hydroxyl groups is 1. The number of halogens is 1. The summed E-state index contributed by atoms with van der Waals surface area (Å²) in [7, 11) is 0.136. The van der Waals surface area contributed by atoms with Gasteiger partial charge in [0.05, 0.1) is 14.9 Å². The number of hydrogen-bond acceptors (Lipinski definition) is 4. The van der Waals surface area contributed by atoms with E-state index in [1.807, 2.05) is 30.3 Å². The van der Waals surface area contributed by atoms with E-state index >= 15 is 0 Å². The summed E-state index contributed by atoms with van der Waals surface area (Å²) in [5.41, 5.74) is 8.42. The molecule has 3 aromatic rings. The third-order valence-corrected chi connectivity index (χ3v) is 8.19. The van der Waals surface area contributed by atoms with Crippen molar-refractivity contribution in [2.45, 2.75) is 64.9 Å². The van der Waals surface area contributed by atoms with Crippen LogP contribution in [0.1, 0.15) is 71.7 Å². The Morgan fingerprint density at radius 1 is 1.08 bits per heavy atom.